The molecule has 3 aromatic heterocycles. The molecule has 11 nitrogen and oxygen atoms in total. The predicted octanol–water partition coefficient (Wildman–Crippen LogP) is 2.95. The Labute approximate surface area is 234 Å². The van der Waals surface area contributed by atoms with Gasteiger partial charge in [0.15, 0.2) is 5.82 Å². The Morgan fingerprint density at radius 3 is 2.67 bits per heavy atom. The van der Waals surface area contributed by atoms with E-state index in [2.05, 4.69) is 49.0 Å². The number of rotatable bonds is 6. The number of hydrogen-bond acceptors (Lipinski definition) is 10. The van der Waals surface area contributed by atoms with Crippen LogP contribution in [0.5, 0.6) is 0 Å². The molecule has 0 radical (unpaired) electrons. The van der Waals surface area contributed by atoms with E-state index in [4.69, 9.17) is 4.74 Å². The van der Waals surface area contributed by atoms with E-state index in [-0.39, 0.29) is 17.3 Å². The van der Waals surface area contributed by atoms with E-state index >= 15 is 0 Å². The van der Waals surface area contributed by atoms with Gasteiger partial charge in [-0.1, -0.05) is 11.8 Å². The van der Waals surface area contributed by atoms with Gasteiger partial charge in [-0.15, -0.1) is 0 Å². The number of hydrogen-bond donors (Lipinski definition) is 2. The Morgan fingerprint density at radius 1 is 1.15 bits per heavy atom. The smallest absolute Gasteiger partial charge is 0.256 e. The monoisotopic (exact) mass is 563 g/mol. The van der Waals surface area contributed by atoms with Crippen molar-refractivity contribution in [2.75, 3.05) is 29.9 Å². The van der Waals surface area contributed by atoms with Crippen LogP contribution in [-0.2, 0) is 14.8 Å². The summed E-state index contributed by atoms with van der Waals surface area (Å²) in [6.07, 6.45) is 9.99. The molecule has 3 aromatic rings. The van der Waals surface area contributed by atoms with Crippen LogP contribution < -0.4 is 10.2 Å². The molecule has 2 unspecified atom stereocenters. The summed E-state index contributed by atoms with van der Waals surface area (Å²) in [5, 5.41) is 17.4. The second kappa shape index (κ2) is 10.5. The first kappa shape index (κ1) is 26.7. The van der Waals surface area contributed by atoms with Crippen LogP contribution in [0.4, 0.5) is 17.3 Å². The molecule has 2 atom stereocenters. The Hall–Kier alpha value is -3.53. The van der Waals surface area contributed by atoms with Crippen molar-refractivity contribution in [1.82, 2.24) is 24.1 Å². The fourth-order valence-corrected chi connectivity index (χ4v) is 6.45. The van der Waals surface area contributed by atoms with Crippen molar-refractivity contribution in [3.8, 4) is 23.2 Å². The first-order valence-corrected chi connectivity index (χ1v) is 15.2. The topological polar surface area (TPSA) is 135 Å². The highest BCUT2D eigenvalue weighted by molar-refractivity contribution is 7.90. The molecule has 0 spiro atoms. The minimum Gasteiger partial charge on any atom is -0.390 e. The van der Waals surface area contributed by atoms with Crippen LogP contribution in [0.1, 0.15) is 51.5 Å². The quantitative estimate of drug-likeness (QED) is 0.431. The van der Waals surface area contributed by atoms with Gasteiger partial charge in [-0.3, -0.25) is 0 Å². The lowest BCUT2D eigenvalue weighted by Crippen LogP contribution is -2.42. The van der Waals surface area contributed by atoms with Gasteiger partial charge in [-0.2, -0.15) is 9.19 Å². The Kier molecular flexibility index (Phi) is 6.98. The molecule has 3 fully saturated rings. The van der Waals surface area contributed by atoms with Gasteiger partial charge < -0.3 is 20.1 Å². The highest BCUT2D eigenvalue weighted by Crippen LogP contribution is 2.32. The van der Waals surface area contributed by atoms with Gasteiger partial charge in [0.25, 0.3) is 10.0 Å². The lowest BCUT2D eigenvalue weighted by atomic mass is 9.93. The lowest BCUT2D eigenvalue weighted by molar-refractivity contribution is 0.0351. The normalized spacial score (nSPS) is 22.5. The summed E-state index contributed by atoms with van der Waals surface area (Å²) in [4.78, 5) is 15.7. The number of piperidine rings is 1. The standard InChI is InChI=1S/C28H33N7O4S/c1-19-20(8-14-39-19)3-4-21-16-30-26(15-24(21)34-12-9-28(2,36)10-13-34)32-25-7-11-29-27(33-25)22-17-31-35(18-22)40(37,38)23-5-6-23/h7,11,15-20,23,36H,5-6,8-10,12-14H2,1-2H3,(H,29,30,32,33). The second-order valence-electron chi connectivity index (χ2n) is 11.0. The van der Waals surface area contributed by atoms with Crippen molar-refractivity contribution in [2.45, 2.75) is 62.9 Å². The molecule has 5 heterocycles. The molecule has 2 N–H and O–H groups in total. The van der Waals surface area contributed by atoms with Crippen molar-refractivity contribution in [3.05, 3.63) is 42.5 Å². The third-order valence-corrected chi connectivity index (χ3v) is 9.80. The molecular weight excluding hydrogens is 530 g/mol. The predicted molar refractivity (Wildman–Crippen MR) is 151 cm³/mol. The highest BCUT2D eigenvalue weighted by atomic mass is 32.2. The summed E-state index contributed by atoms with van der Waals surface area (Å²) in [5.41, 5.74) is 1.63. The van der Waals surface area contributed by atoms with Gasteiger partial charge in [0.1, 0.15) is 11.6 Å². The van der Waals surface area contributed by atoms with Gasteiger partial charge in [-0.05, 0) is 52.0 Å². The minimum absolute atomic E-state index is 0.114. The Balaban J connectivity index is 1.25. The zero-order chi connectivity index (χ0) is 27.9. The second-order valence-corrected chi connectivity index (χ2v) is 13.1. The van der Waals surface area contributed by atoms with Crippen molar-refractivity contribution in [1.29, 1.82) is 0 Å². The molecule has 1 aliphatic carbocycles. The van der Waals surface area contributed by atoms with E-state index in [1.54, 1.807) is 18.5 Å². The van der Waals surface area contributed by atoms with Gasteiger partial charge in [-0.25, -0.2) is 23.4 Å². The highest BCUT2D eigenvalue weighted by Gasteiger charge is 2.37. The molecule has 0 bridgehead atoms. The van der Waals surface area contributed by atoms with Crippen LogP contribution >= 0.6 is 0 Å². The summed E-state index contributed by atoms with van der Waals surface area (Å²) in [6.45, 7) is 6.08. The van der Waals surface area contributed by atoms with E-state index in [9.17, 15) is 13.5 Å². The van der Waals surface area contributed by atoms with Crippen LogP contribution in [0, 0.1) is 17.8 Å². The summed E-state index contributed by atoms with van der Waals surface area (Å²) in [5.74, 6) is 8.37. The maximum Gasteiger partial charge on any atom is 0.256 e. The molecule has 3 aliphatic rings. The third-order valence-electron chi connectivity index (χ3n) is 7.77. The molecule has 40 heavy (non-hydrogen) atoms. The maximum atomic E-state index is 12.5. The molecule has 0 aromatic carbocycles. The number of pyridine rings is 1. The van der Waals surface area contributed by atoms with Crippen LogP contribution in [0.15, 0.2) is 36.9 Å². The van der Waals surface area contributed by atoms with Gasteiger partial charge in [0.05, 0.1) is 46.2 Å². The zero-order valence-electron chi connectivity index (χ0n) is 22.6. The average Bonchev–Trinajstić information content (AvgIpc) is 3.54. The number of aromatic nitrogens is 5. The minimum atomic E-state index is -3.47. The Morgan fingerprint density at radius 2 is 1.95 bits per heavy atom. The number of anilines is 3. The molecule has 2 saturated heterocycles. The summed E-state index contributed by atoms with van der Waals surface area (Å²) in [6, 6.07) is 3.68. The summed E-state index contributed by atoms with van der Waals surface area (Å²) in [7, 11) is -3.47. The fraction of sp³-hybridized carbons (Fsp3) is 0.500. The molecule has 1 saturated carbocycles. The van der Waals surface area contributed by atoms with Gasteiger partial charge in [0, 0.05) is 44.1 Å². The van der Waals surface area contributed by atoms with E-state index in [0.717, 1.165) is 28.4 Å². The fourth-order valence-electron chi connectivity index (χ4n) is 4.97. The van der Waals surface area contributed by atoms with Crippen LogP contribution in [0.2, 0.25) is 0 Å². The van der Waals surface area contributed by atoms with E-state index < -0.39 is 15.6 Å². The maximum absolute atomic E-state index is 12.5. The number of aliphatic hydroxyl groups is 1. The van der Waals surface area contributed by atoms with Gasteiger partial charge >= 0.3 is 0 Å². The molecule has 0 amide bonds. The first-order valence-electron chi connectivity index (χ1n) is 13.7. The van der Waals surface area contributed by atoms with Crippen LogP contribution in [0.25, 0.3) is 11.4 Å². The molecule has 12 heteroatoms. The summed E-state index contributed by atoms with van der Waals surface area (Å²) >= 11 is 0. The third kappa shape index (κ3) is 5.68. The Bertz CT molecular complexity index is 1560. The molecule has 210 valence electrons. The van der Waals surface area contributed by atoms with E-state index in [1.165, 1.54) is 12.4 Å². The molecule has 2 aliphatic heterocycles. The first-order chi connectivity index (χ1) is 19.2. The van der Waals surface area contributed by atoms with Crippen molar-refractivity contribution in [3.63, 3.8) is 0 Å². The number of nitrogens with one attached hydrogen (secondary N) is 1. The van der Waals surface area contributed by atoms with Crippen LogP contribution in [0.3, 0.4) is 0 Å². The zero-order valence-corrected chi connectivity index (χ0v) is 23.4. The van der Waals surface area contributed by atoms with Crippen LogP contribution in [-0.4, -0.2) is 74.3 Å². The van der Waals surface area contributed by atoms with Crippen molar-refractivity contribution >= 4 is 27.3 Å². The number of nitrogens with zero attached hydrogens (tertiary/aromatic N) is 6. The lowest BCUT2D eigenvalue weighted by Gasteiger charge is -2.37. The largest absolute Gasteiger partial charge is 0.390 e. The molecule has 6 rings (SSSR count). The van der Waals surface area contributed by atoms with Gasteiger partial charge in [0.2, 0.25) is 0 Å². The SMILES string of the molecule is CC1OCCC1C#Cc1cnc(Nc2ccnc(-c3cnn(S(=O)(=O)C4CC4)c3)n2)cc1N1CCC(C)(O)CC1. The van der Waals surface area contributed by atoms with E-state index in [1.807, 2.05) is 13.0 Å². The number of ether oxygens (including phenoxy) is 1. The summed E-state index contributed by atoms with van der Waals surface area (Å²) < 4.78 is 31.7. The van der Waals surface area contributed by atoms with Crippen molar-refractivity contribution < 1.29 is 18.3 Å². The van der Waals surface area contributed by atoms with E-state index in [0.29, 0.717) is 61.8 Å². The van der Waals surface area contributed by atoms with Crippen molar-refractivity contribution in [2.24, 2.45) is 5.92 Å². The average molecular weight is 564 g/mol. The molecular formula is C28H33N7O4S.